The van der Waals surface area contributed by atoms with Crippen molar-refractivity contribution in [3.8, 4) is 23.0 Å². The Labute approximate surface area is 136 Å². The molecule has 0 amide bonds. The van der Waals surface area contributed by atoms with Crippen molar-refractivity contribution in [3.63, 3.8) is 0 Å². The van der Waals surface area contributed by atoms with Gasteiger partial charge in [-0.15, -0.1) is 0 Å². The Morgan fingerprint density at radius 1 is 0.783 bits per heavy atom. The van der Waals surface area contributed by atoms with Crippen LogP contribution in [0.4, 0.5) is 0 Å². The highest BCUT2D eigenvalue weighted by Gasteiger charge is 2.14. The molecule has 0 aliphatic heterocycles. The van der Waals surface area contributed by atoms with Gasteiger partial charge in [0.15, 0.2) is 0 Å². The monoisotopic (exact) mass is 315 g/mol. The van der Waals surface area contributed by atoms with E-state index in [0.29, 0.717) is 17.2 Å². The number of hydrogen-bond acceptors (Lipinski definition) is 5. The van der Waals surface area contributed by atoms with Gasteiger partial charge in [0.25, 0.3) is 0 Å². The van der Waals surface area contributed by atoms with Crippen molar-refractivity contribution in [3.05, 3.63) is 53.7 Å². The van der Waals surface area contributed by atoms with Crippen LogP contribution in [0, 0.1) is 0 Å². The quantitative estimate of drug-likeness (QED) is 0.887. The summed E-state index contributed by atoms with van der Waals surface area (Å²) in [5.41, 5.74) is 8.37. The Hall–Kier alpha value is -2.82. The van der Waals surface area contributed by atoms with E-state index in [1.807, 2.05) is 30.3 Å². The molecule has 0 radical (unpaired) electrons. The fraction of sp³-hybridized carbons (Fsp3) is 0.222. The van der Waals surface area contributed by atoms with Gasteiger partial charge in [-0.25, -0.2) is 0 Å². The van der Waals surface area contributed by atoms with Crippen LogP contribution in [0.25, 0.3) is 5.57 Å². The fourth-order valence-corrected chi connectivity index (χ4v) is 2.33. The molecule has 0 saturated carbocycles. The Kier molecular flexibility index (Phi) is 5.36. The van der Waals surface area contributed by atoms with Crippen LogP contribution < -0.4 is 24.7 Å². The van der Waals surface area contributed by atoms with Crippen LogP contribution in [0.3, 0.4) is 0 Å². The van der Waals surface area contributed by atoms with E-state index in [0.717, 1.165) is 22.4 Å². The zero-order valence-electron chi connectivity index (χ0n) is 13.8. The van der Waals surface area contributed by atoms with Gasteiger partial charge >= 0.3 is 0 Å². The van der Waals surface area contributed by atoms with Gasteiger partial charge in [-0.3, -0.25) is 0 Å². The predicted octanol–water partition coefficient (Wildman–Crippen LogP) is 3.07. The third-order valence-electron chi connectivity index (χ3n) is 3.53. The van der Waals surface area contributed by atoms with Crippen LogP contribution in [0.15, 0.2) is 42.6 Å². The van der Waals surface area contributed by atoms with Crippen molar-refractivity contribution < 1.29 is 18.9 Å². The Balaban J connectivity index is 2.61. The second kappa shape index (κ2) is 7.45. The van der Waals surface area contributed by atoms with Gasteiger partial charge in [-0.05, 0) is 35.9 Å². The van der Waals surface area contributed by atoms with Gasteiger partial charge in [0.05, 0.1) is 28.4 Å². The van der Waals surface area contributed by atoms with Crippen LogP contribution >= 0.6 is 0 Å². The molecule has 0 aliphatic carbocycles. The topological polar surface area (TPSA) is 62.9 Å². The van der Waals surface area contributed by atoms with Crippen molar-refractivity contribution in [2.45, 2.75) is 0 Å². The molecule has 2 aromatic carbocycles. The molecule has 5 heteroatoms. The van der Waals surface area contributed by atoms with Gasteiger partial charge in [0.1, 0.15) is 23.0 Å². The second-order valence-corrected chi connectivity index (χ2v) is 4.75. The van der Waals surface area contributed by atoms with E-state index in [9.17, 15) is 0 Å². The van der Waals surface area contributed by atoms with Gasteiger partial charge in [-0.2, -0.15) is 0 Å². The Morgan fingerprint density at radius 2 is 1.39 bits per heavy atom. The summed E-state index contributed by atoms with van der Waals surface area (Å²) in [6, 6.07) is 11.1. The molecule has 0 bridgehead atoms. The largest absolute Gasteiger partial charge is 0.497 e. The molecule has 122 valence electrons. The molecule has 0 aromatic heterocycles. The van der Waals surface area contributed by atoms with Crippen molar-refractivity contribution in [2.75, 3.05) is 28.4 Å². The van der Waals surface area contributed by atoms with E-state index in [2.05, 4.69) is 0 Å². The van der Waals surface area contributed by atoms with Gasteiger partial charge in [-0.1, -0.05) is 0 Å². The number of hydrogen-bond donors (Lipinski definition) is 1. The zero-order valence-corrected chi connectivity index (χ0v) is 13.8. The fourth-order valence-electron chi connectivity index (χ4n) is 2.33. The molecule has 23 heavy (non-hydrogen) atoms. The molecule has 0 spiro atoms. The summed E-state index contributed by atoms with van der Waals surface area (Å²) in [6.07, 6.45) is 1.53. The van der Waals surface area contributed by atoms with Crippen LogP contribution in [-0.4, -0.2) is 28.4 Å². The van der Waals surface area contributed by atoms with E-state index in [4.69, 9.17) is 24.7 Å². The lowest BCUT2D eigenvalue weighted by Gasteiger charge is -2.15. The molecule has 0 heterocycles. The summed E-state index contributed by atoms with van der Waals surface area (Å²) in [5.74, 6) is 2.78. The summed E-state index contributed by atoms with van der Waals surface area (Å²) in [4.78, 5) is 0. The first kappa shape index (κ1) is 16.5. The Morgan fingerprint density at radius 3 is 1.87 bits per heavy atom. The van der Waals surface area contributed by atoms with Crippen molar-refractivity contribution in [1.82, 2.24) is 0 Å². The maximum Gasteiger partial charge on any atom is 0.127 e. The van der Waals surface area contributed by atoms with Gasteiger partial charge in [0, 0.05) is 23.4 Å². The van der Waals surface area contributed by atoms with E-state index < -0.39 is 0 Å². The third kappa shape index (κ3) is 3.51. The molecule has 0 atom stereocenters. The predicted molar refractivity (Wildman–Crippen MR) is 90.4 cm³/mol. The number of methoxy groups -OCH3 is 4. The molecule has 2 rings (SSSR count). The first-order valence-electron chi connectivity index (χ1n) is 7.04. The molecule has 0 saturated heterocycles. The minimum absolute atomic E-state index is 0.681. The lowest BCUT2D eigenvalue weighted by atomic mass is 9.97. The highest BCUT2D eigenvalue weighted by atomic mass is 16.5. The summed E-state index contributed by atoms with van der Waals surface area (Å²) < 4.78 is 21.4. The maximum atomic E-state index is 5.89. The third-order valence-corrected chi connectivity index (χ3v) is 3.53. The Bertz CT molecular complexity index is 688. The summed E-state index contributed by atoms with van der Waals surface area (Å²) in [6.45, 7) is 0. The summed E-state index contributed by atoms with van der Waals surface area (Å²) in [7, 11) is 6.45. The highest BCUT2D eigenvalue weighted by Crippen LogP contribution is 2.36. The number of ether oxygens (including phenoxy) is 4. The van der Waals surface area contributed by atoms with Crippen LogP contribution in [0.2, 0.25) is 0 Å². The standard InChI is InChI=1S/C18H21NO4/c1-20-13-5-6-18(23-4)16(10-13)17(11-19)12-7-14(21-2)9-15(8-12)22-3/h5-11H,19H2,1-4H3/b17-11-. The van der Waals surface area contributed by atoms with E-state index in [-0.39, 0.29) is 0 Å². The second-order valence-electron chi connectivity index (χ2n) is 4.75. The van der Waals surface area contributed by atoms with E-state index >= 15 is 0 Å². The minimum atomic E-state index is 0.681. The van der Waals surface area contributed by atoms with Crippen molar-refractivity contribution in [2.24, 2.45) is 5.73 Å². The number of nitrogens with two attached hydrogens (primary N) is 1. The average molecular weight is 315 g/mol. The molecule has 2 aromatic rings. The summed E-state index contributed by atoms with van der Waals surface area (Å²) in [5, 5.41) is 0. The molecular weight excluding hydrogens is 294 g/mol. The van der Waals surface area contributed by atoms with E-state index in [1.165, 1.54) is 6.20 Å². The molecular formula is C18H21NO4. The van der Waals surface area contributed by atoms with Crippen LogP contribution in [0.5, 0.6) is 23.0 Å². The van der Waals surface area contributed by atoms with Crippen molar-refractivity contribution in [1.29, 1.82) is 0 Å². The first-order valence-corrected chi connectivity index (χ1v) is 7.04. The van der Waals surface area contributed by atoms with Crippen molar-refractivity contribution >= 4 is 5.57 Å². The van der Waals surface area contributed by atoms with Gasteiger partial charge < -0.3 is 24.7 Å². The minimum Gasteiger partial charge on any atom is -0.497 e. The van der Waals surface area contributed by atoms with Crippen LogP contribution in [0.1, 0.15) is 11.1 Å². The SMILES string of the molecule is COc1cc(OC)cc(/C(=C/N)c2cc(OC)ccc2OC)c1. The zero-order chi connectivity index (χ0) is 16.8. The molecule has 5 nitrogen and oxygen atoms in total. The molecule has 0 unspecified atom stereocenters. The summed E-state index contributed by atoms with van der Waals surface area (Å²) >= 11 is 0. The maximum absolute atomic E-state index is 5.89. The number of rotatable bonds is 6. The average Bonchev–Trinajstić information content (AvgIpc) is 2.61. The molecule has 2 N–H and O–H groups in total. The van der Waals surface area contributed by atoms with E-state index in [1.54, 1.807) is 34.5 Å². The lowest BCUT2D eigenvalue weighted by Crippen LogP contribution is -1.99. The normalized spacial score (nSPS) is 11.0. The first-order chi connectivity index (χ1) is 11.2. The van der Waals surface area contributed by atoms with Gasteiger partial charge in [0.2, 0.25) is 0 Å². The molecule has 0 fully saturated rings. The van der Waals surface area contributed by atoms with Crippen LogP contribution in [-0.2, 0) is 0 Å². The smallest absolute Gasteiger partial charge is 0.127 e. The number of benzene rings is 2. The highest BCUT2D eigenvalue weighted by molar-refractivity contribution is 5.84. The molecule has 0 aliphatic rings. The lowest BCUT2D eigenvalue weighted by molar-refractivity contribution is 0.394.